The van der Waals surface area contributed by atoms with Gasteiger partial charge >= 0.3 is 0 Å². The summed E-state index contributed by atoms with van der Waals surface area (Å²) in [5.74, 6) is 0. The number of carbonyl (C=O) groups excluding carboxylic acids is 2. The molecule has 0 aromatic heterocycles. The quantitative estimate of drug-likeness (QED) is 0.123. The van der Waals surface area contributed by atoms with Crippen molar-refractivity contribution in [1.82, 2.24) is 0 Å². The van der Waals surface area contributed by atoms with E-state index in [1.165, 1.54) is 5.56 Å². The van der Waals surface area contributed by atoms with E-state index < -0.39 is 0 Å². The van der Waals surface area contributed by atoms with Crippen LogP contribution in [-0.2, 0) is 48.8 Å². The Morgan fingerprint density at radius 1 is 0.558 bits per heavy atom. The van der Waals surface area contributed by atoms with Gasteiger partial charge in [-0.3, -0.25) is 9.59 Å². The number of benzene rings is 3. The van der Waals surface area contributed by atoms with Gasteiger partial charge in [-0.05, 0) is 22.3 Å². The molecule has 3 rings (SSSR count). The molecular formula is C33H45BrO9. The molecule has 3 aromatic rings. The summed E-state index contributed by atoms with van der Waals surface area (Å²) in [5, 5.41) is 17.6. The Labute approximate surface area is 263 Å². The number of alkyl halides is 1. The Bertz CT molecular complexity index is 1040. The van der Waals surface area contributed by atoms with Crippen molar-refractivity contribution in [2.45, 2.75) is 25.2 Å². The lowest BCUT2D eigenvalue weighted by Crippen LogP contribution is -2.01. The summed E-state index contributed by atoms with van der Waals surface area (Å²) in [7, 11) is 4.85. The van der Waals surface area contributed by atoms with Crippen LogP contribution in [0, 0.1) is 0 Å². The van der Waals surface area contributed by atoms with Gasteiger partial charge in [0.2, 0.25) is 0 Å². The predicted octanol–water partition coefficient (Wildman–Crippen LogP) is 5.02. The first-order valence-corrected chi connectivity index (χ1v) is 14.7. The number of rotatable bonds is 16. The molecule has 0 aliphatic heterocycles. The fourth-order valence-electron chi connectivity index (χ4n) is 2.87. The second kappa shape index (κ2) is 29.3. The summed E-state index contributed by atoms with van der Waals surface area (Å²) in [6.45, 7) is 4.23. The molecule has 0 unspecified atom stereocenters. The number of hydrogen-bond donors (Lipinski definition) is 2. The van der Waals surface area contributed by atoms with E-state index in [0.29, 0.717) is 51.8 Å². The Morgan fingerprint density at radius 2 is 0.930 bits per heavy atom. The number of carbonyl (C=O) groups is 2. The molecule has 3 aromatic carbocycles. The van der Waals surface area contributed by atoms with Crippen molar-refractivity contribution in [3.8, 4) is 0 Å². The summed E-state index contributed by atoms with van der Waals surface area (Å²) in [6, 6.07) is 22.5. The van der Waals surface area contributed by atoms with E-state index in [4.69, 9.17) is 29.2 Å². The minimum atomic E-state index is 0.0881. The molecule has 0 radical (unpaired) electrons. The molecule has 0 saturated heterocycles. The van der Waals surface area contributed by atoms with Crippen molar-refractivity contribution in [1.29, 1.82) is 0 Å². The number of aldehydes is 2. The number of aliphatic hydroxyl groups excluding tert-OH is 2. The molecule has 10 heteroatoms. The van der Waals surface area contributed by atoms with E-state index in [-0.39, 0.29) is 13.2 Å². The highest BCUT2D eigenvalue weighted by Gasteiger charge is 1.95. The van der Waals surface area contributed by atoms with Gasteiger partial charge in [0, 0.05) is 37.8 Å². The standard InChI is InChI=1S/C11H16O3.C11H14O3.C8H7BrO.C3H8O2/c2*1-13-6-7-14-9-11-4-2-10(8-12)3-5-11;9-5-7-1-3-8(6-10)4-2-7;1-5-3-2-4/h2-5,12H,6-9H2,1H3;2-5,8H,6-7,9H2,1H3;1-4,6H,5H2;4H,2-3H2,1H3. The first-order chi connectivity index (χ1) is 21.0. The Kier molecular flexibility index (Phi) is 27.4. The summed E-state index contributed by atoms with van der Waals surface area (Å²) in [4.78, 5) is 20.6. The van der Waals surface area contributed by atoms with E-state index in [9.17, 15) is 9.59 Å². The van der Waals surface area contributed by atoms with Gasteiger partial charge in [-0.25, -0.2) is 0 Å². The summed E-state index contributed by atoms with van der Waals surface area (Å²) >= 11 is 3.32. The van der Waals surface area contributed by atoms with Gasteiger partial charge < -0.3 is 33.9 Å². The van der Waals surface area contributed by atoms with Crippen molar-refractivity contribution >= 4 is 28.5 Å². The number of aliphatic hydroxyl groups is 2. The molecular weight excluding hydrogens is 620 g/mol. The van der Waals surface area contributed by atoms with Crippen LogP contribution in [0.25, 0.3) is 0 Å². The Hall–Kier alpha value is -2.80. The van der Waals surface area contributed by atoms with Gasteiger partial charge in [0.05, 0.1) is 59.5 Å². The fourth-order valence-corrected chi connectivity index (χ4v) is 3.25. The lowest BCUT2D eigenvalue weighted by molar-refractivity contribution is 0.0616. The molecule has 0 aliphatic carbocycles. The first kappa shape index (κ1) is 40.2. The van der Waals surface area contributed by atoms with E-state index in [1.807, 2.05) is 60.7 Å². The Morgan fingerprint density at radius 3 is 1.23 bits per heavy atom. The first-order valence-electron chi connectivity index (χ1n) is 13.6. The zero-order valence-electron chi connectivity index (χ0n) is 25.3. The van der Waals surface area contributed by atoms with Crippen LogP contribution in [0.1, 0.15) is 43.0 Å². The highest BCUT2D eigenvalue weighted by Crippen LogP contribution is 2.07. The predicted molar refractivity (Wildman–Crippen MR) is 171 cm³/mol. The maximum Gasteiger partial charge on any atom is 0.150 e. The zero-order valence-corrected chi connectivity index (χ0v) is 26.9. The summed E-state index contributed by atoms with van der Waals surface area (Å²) in [5.41, 5.74) is 5.69. The van der Waals surface area contributed by atoms with E-state index in [2.05, 4.69) is 20.7 Å². The number of halogens is 1. The average Bonchev–Trinajstić information content (AvgIpc) is 3.07. The van der Waals surface area contributed by atoms with Crippen molar-refractivity contribution < 1.29 is 43.5 Å². The molecule has 0 saturated carbocycles. The van der Waals surface area contributed by atoms with Crippen molar-refractivity contribution in [3.05, 3.63) is 106 Å². The summed E-state index contributed by atoms with van der Waals surface area (Å²) in [6.07, 6.45) is 1.67. The highest BCUT2D eigenvalue weighted by atomic mass is 79.9. The molecule has 0 heterocycles. The van der Waals surface area contributed by atoms with Gasteiger partial charge in [0.1, 0.15) is 12.6 Å². The van der Waals surface area contributed by atoms with Gasteiger partial charge in [-0.1, -0.05) is 88.7 Å². The van der Waals surface area contributed by atoms with Crippen LogP contribution < -0.4 is 0 Å². The number of methoxy groups -OCH3 is 3. The molecule has 0 fully saturated rings. The molecule has 238 valence electrons. The summed E-state index contributed by atoms with van der Waals surface area (Å²) < 4.78 is 24.8. The number of ether oxygens (including phenoxy) is 5. The zero-order chi connectivity index (χ0) is 32.0. The fraction of sp³-hybridized carbons (Fsp3) is 0.394. The molecule has 0 amide bonds. The smallest absolute Gasteiger partial charge is 0.150 e. The van der Waals surface area contributed by atoms with Gasteiger partial charge in [-0.2, -0.15) is 0 Å². The van der Waals surface area contributed by atoms with Crippen LogP contribution in [0.5, 0.6) is 0 Å². The average molecular weight is 666 g/mol. The maximum absolute atomic E-state index is 10.4. The molecule has 9 nitrogen and oxygen atoms in total. The molecule has 0 atom stereocenters. The minimum absolute atomic E-state index is 0.0881. The number of hydrogen-bond acceptors (Lipinski definition) is 9. The second-order valence-corrected chi connectivity index (χ2v) is 9.20. The van der Waals surface area contributed by atoms with Crippen molar-refractivity contribution in [2.24, 2.45) is 0 Å². The van der Waals surface area contributed by atoms with Crippen LogP contribution in [0.15, 0.2) is 72.8 Å². The molecule has 0 aliphatic rings. The third kappa shape index (κ3) is 22.4. The highest BCUT2D eigenvalue weighted by molar-refractivity contribution is 9.08. The van der Waals surface area contributed by atoms with Crippen LogP contribution in [0.2, 0.25) is 0 Å². The molecule has 2 N–H and O–H groups in total. The second-order valence-electron chi connectivity index (χ2n) is 8.63. The van der Waals surface area contributed by atoms with Gasteiger partial charge in [0.15, 0.2) is 0 Å². The maximum atomic E-state index is 10.4. The molecule has 43 heavy (non-hydrogen) atoms. The third-order valence-corrected chi connectivity index (χ3v) is 5.94. The lowest BCUT2D eigenvalue weighted by atomic mass is 10.1. The SMILES string of the molecule is COCCO.COCCOCc1ccc(C=O)cc1.COCCOCc1ccc(CO)cc1.O=Cc1ccc(CBr)cc1. The topological polar surface area (TPSA) is 121 Å². The minimum Gasteiger partial charge on any atom is -0.394 e. The van der Waals surface area contributed by atoms with Crippen molar-refractivity contribution in [3.63, 3.8) is 0 Å². The van der Waals surface area contributed by atoms with E-state index in [1.54, 1.807) is 33.5 Å². The third-order valence-electron chi connectivity index (χ3n) is 5.29. The van der Waals surface area contributed by atoms with Gasteiger partial charge in [0.25, 0.3) is 0 Å². The lowest BCUT2D eigenvalue weighted by Gasteiger charge is -2.04. The monoisotopic (exact) mass is 664 g/mol. The van der Waals surface area contributed by atoms with Crippen LogP contribution in [-0.4, -0.2) is 83.8 Å². The van der Waals surface area contributed by atoms with Crippen LogP contribution in [0.3, 0.4) is 0 Å². The molecule has 0 spiro atoms. The normalized spacial score (nSPS) is 9.81. The van der Waals surface area contributed by atoms with Gasteiger partial charge in [-0.15, -0.1) is 0 Å². The van der Waals surface area contributed by atoms with E-state index >= 15 is 0 Å². The molecule has 0 bridgehead atoms. The van der Waals surface area contributed by atoms with Crippen LogP contribution >= 0.6 is 15.9 Å². The van der Waals surface area contributed by atoms with E-state index in [0.717, 1.165) is 40.2 Å². The largest absolute Gasteiger partial charge is 0.394 e. The van der Waals surface area contributed by atoms with Crippen LogP contribution in [0.4, 0.5) is 0 Å². The Balaban J connectivity index is 0.000000577. The van der Waals surface area contributed by atoms with Crippen molar-refractivity contribution in [2.75, 3.05) is 61.0 Å².